The number of rotatable bonds is 3. The Labute approximate surface area is 100 Å². The van der Waals surface area contributed by atoms with Crippen LogP contribution in [0.4, 0.5) is 0 Å². The SMILES string of the molecule is COc1ccc(C(=O)C2COCCO2)cc1C. The minimum atomic E-state index is -0.475. The lowest BCUT2D eigenvalue weighted by Gasteiger charge is -2.22. The van der Waals surface area contributed by atoms with E-state index in [-0.39, 0.29) is 5.78 Å². The van der Waals surface area contributed by atoms with Crippen molar-refractivity contribution in [1.82, 2.24) is 0 Å². The van der Waals surface area contributed by atoms with Crippen molar-refractivity contribution >= 4 is 5.78 Å². The number of ether oxygens (including phenoxy) is 3. The number of carbonyl (C=O) groups excluding carboxylic acids is 1. The third kappa shape index (κ3) is 2.65. The summed E-state index contributed by atoms with van der Waals surface area (Å²) >= 11 is 0. The van der Waals surface area contributed by atoms with E-state index in [2.05, 4.69) is 0 Å². The van der Waals surface area contributed by atoms with Gasteiger partial charge >= 0.3 is 0 Å². The Bertz CT molecular complexity index is 408. The molecule has 0 radical (unpaired) electrons. The molecule has 2 rings (SSSR count). The van der Waals surface area contributed by atoms with E-state index in [1.54, 1.807) is 19.2 Å². The third-order valence-electron chi connectivity index (χ3n) is 2.79. The van der Waals surface area contributed by atoms with Crippen LogP contribution in [0.1, 0.15) is 15.9 Å². The number of Topliss-reactive ketones (excluding diaryl/α,β-unsaturated/α-hetero) is 1. The maximum atomic E-state index is 12.1. The molecule has 0 spiro atoms. The number of aryl methyl sites for hydroxylation is 1. The van der Waals surface area contributed by atoms with Gasteiger partial charge < -0.3 is 14.2 Å². The average molecular weight is 236 g/mol. The fourth-order valence-corrected chi connectivity index (χ4v) is 1.86. The van der Waals surface area contributed by atoms with Crippen LogP contribution < -0.4 is 4.74 Å². The second kappa shape index (κ2) is 5.29. The standard InChI is InChI=1S/C13H16O4/c1-9-7-10(3-4-11(9)15-2)13(14)12-8-16-5-6-17-12/h3-4,7,12H,5-6,8H2,1-2H3. The summed E-state index contributed by atoms with van der Waals surface area (Å²) in [5.74, 6) is 0.748. The molecule has 4 nitrogen and oxygen atoms in total. The Kier molecular flexibility index (Phi) is 3.76. The highest BCUT2D eigenvalue weighted by molar-refractivity contribution is 6.00. The maximum Gasteiger partial charge on any atom is 0.193 e. The van der Waals surface area contributed by atoms with E-state index in [0.717, 1.165) is 11.3 Å². The van der Waals surface area contributed by atoms with Crippen LogP contribution in [0.2, 0.25) is 0 Å². The van der Waals surface area contributed by atoms with E-state index in [0.29, 0.717) is 25.4 Å². The monoisotopic (exact) mass is 236 g/mol. The molecule has 1 fully saturated rings. The van der Waals surface area contributed by atoms with Gasteiger partial charge in [-0.05, 0) is 30.7 Å². The molecule has 92 valence electrons. The smallest absolute Gasteiger partial charge is 0.193 e. The highest BCUT2D eigenvalue weighted by Crippen LogP contribution is 2.20. The van der Waals surface area contributed by atoms with E-state index >= 15 is 0 Å². The van der Waals surface area contributed by atoms with Crippen molar-refractivity contribution in [1.29, 1.82) is 0 Å². The summed E-state index contributed by atoms with van der Waals surface area (Å²) in [4.78, 5) is 12.1. The summed E-state index contributed by atoms with van der Waals surface area (Å²) in [6, 6.07) is 5.37. The third-order valence-corrected chi connectivity index (χ3v) is 2.79. The van der Waals surface area contributed by atoms with Gasteiger partial charge in [0, 0.05) is 5.56 Å². The molecule has 0 amide bonds. The van der Waals surface area contributed by atoms with Crippen LogP contribution in [0.5, 0.6) is 5.75 Å². The zero-order valence-electron chi connectivity index (χ0n) is 10.1. The normalized spacial score (nSPS) is 20.0. The van der Waals surface area contributed by atoms with Crippen LogP contribution in [-0.2, 0) is 9.47 Å². The highest BCUT2D eigenvalue weighted by Gasteiger charge is 2.24. The van der Waals surface area contributed by atoms with Crippen LogP contribution in [0.3, 0.4) is 0 Å². The number of ketones is 1. The number of benzene rings is 1. The second-order valence-electron chi connectivity index (χ2n) is 3.98. The molecule has 1 aliphatic rings. The zero-order valence-corrected chi connectivity index (χ0v) is 10.1. The summed E-state index contributed by atoms with van der Waals surface area (Å²) in [6.45, 7) is 3.29. The molecular formula is C13H16O4. The number of carbonyl (C=O) groups is 1. The summed E-state index contributed by atoms with van der Waals surface area (Å²) in [6.07, 6.45) is -0.475. The summed E-state index contributed by atoms with van der Waals surface area (Å²) in [7, 11) is 1.61. The lowest BCUT2D eigenvalue weighted by atomic mass is 10.0. The van der Waals surface area contributed by atoms with Crippen LogP contribution in [0, 0.1) is 6.92 Å². The van der Waals surface area contributed by atoms with Crippen molar-refractivity contribution in [3.8, 4) is 5.75 Å². The van der Waals surface area contributed by atoms with E-state index in [1.165, 1.54) is 0 Å². The van der Waals surface area contributed by atoms with Gasteiger partial charge in [0.25, 0.3) is 0 Å². The summed E-state index contributed by atoms with van der Waals surface area (Å²) in [5.41, 5.74) is 1.58. The minimum absolute atomic E-state index is 0.0320. The van der Waals surface area contributed by atoms with Crippen molar-refractivity contribution < 1.29 is 19.0 Å². The number of hydrogen-bond acceptors (Lipinski definition) is 4. The van der Waals surface area contributed by atoms with Gasteiger partial charge in [-0.2, -0.15) is 0 Å². The lowest BCUT2D eigenvalue weighted by Crippen LogP contribution is -2.35. The van der Waals surface area contributed by atoms with Crippen LogP contribution in [0.25, 0.3) is 0 Å². The topological polar surface area (TPSA) is 44.8 Å². The molecule has 1 aliphatic heterocycles. The molecule has 1 aromatic carbocycles. The van der Waals surface area contributed by atoms with Gasteiger partial charge in [0.05, 0.1) is 26.9 Å². The molecule has 0 N–H and O–H groups in total. The van der Waals surface area contributed by atoms with Gasteiger partial charge in [-0.1, -0.05) is 0 Å². The first-order chi connectivity index (χ1) is 8.22. The predicted octanol–water partition coefficient (Wildman–Crippen LogP) is 1.60. The van der Waals surface area contributed by atoms with Gasteiger partial charge in [0.2, 0.25) is 0 Å². The van der Waals surface area contributed by atoms with E-state index in [4.69, 9.17) is 14.2 Å². The van der Waals surface area contributed by atoms with Crippen LogP contribution in [0.15, 0.2) is 18.2 Å². The molecule has 0 aliphatic carbocycles. The second-order valence-corrected chi connectivity index (χ2v) is 3.98. The van der Waals surface area contributed by atoms with Crippen molar-refractivity contribution in [2.75, 3.05) is 26.9 Å². The van der Waals surface area contributed by atoms with Crippen molar-refractivity contribution in [3.63, 3.8) is 0 Å². The van der Waals surface area contributed by atoms with Crippen molar-refractivity contribution in [2.24, 2.45) is 0 Å². The lowest BCUT2D eigenvalue weighted by molar-refractivity contribution is -0.0719. The summed E-state index contributed by atoms with van der Waals surface area (Å²) in [5, 5.41) is 0. The first-order valence-corrected chi connectivity index (χ1v) is 5.60. The molecule has 1 heterocycles. The molecular weight excluding hydrogens is 220 g/mol. The number of methoxy groups -OCH3 is 1. The first-order valence-electron chi connectivity index (χ1n) is 5.60. The van der Waals surface area contributed by atoms with Crippen LogP contribution in [-0.4, -0.2) is 38.8 Å². The molecule has 0 aromatic heterocycles. The van der Waals surface area contributed by atoms with Crippen molar-refractivity contribution in [3.05, 3.63) is 29.3 Å². The average Bonchev–Trinajstić information content (AvgIpc) is 2.39. The Morgan fingerprint density at radius 1 is 1.41 bits per heavy atom. The zero-order chi connectivity index (χ0) is 12.3. The van der Waals surface area contributed by atoms with Gasteiger partial charge in [-0.25, -0.2) is 0 Å². The van der Waals surface area contributed by atoms with Gasteiger partial charge in [0.15, 0.2) is 5.78 Å². The fourth-order valence-electron chi connectivity index (χ4n) is 1.86. The fraction of sp³-hybridized carbons (Fsp3) is 0.462. The van der Waals surface area contributed by atoms with E-state index in [9.17, 15) is 4.79 Å². The molecule has 1 saturated heterocycles. The van der Waals surface area contributed by atoms with Gasteiger partial charge in [-0.15, -0.1) is 0 Å². The van der Waals surface area contributed by atoms with Gasteiger partial charge in [0.1, 0.15) is 11.9 Å². The molecule has 1 unspecified atom stereocenters. The van der Waals surface area contributed by atoms with E-state index in [1.807, 2.05) is 13.0 Å². The minimum Gasteiger partial charge on any atom is -0.496 e. The Morgan fingerprint density at radius 3 is 2.82 bits per heavy atom. The van der Waals surface area contributed by atoms with Gasteiger partial charge in [-0.3, -0.25) is 4.79 Å². The summed E-state index contributed by atoms with van der Waals surface area (Å²) < 4.78 is 15.8. The van der Waals surface area contributed by atoms with Crippen LogP contribution >= 0.6 is 0 Å². The quantitative estimate of drug-likeness (QED) is 0.748. The van der Waals surface area contributed by atoms with E-state index < -0.39 is 6.10 Å². The Hall–Kier alpha value is -1.39. The predicted molar refractivity (Wildman–Crippen MR) is 62.6 cm³/mol. The largest absolute Gasteiger partial charge is 0.496 e. The molecule has 4 heteroatoms. The molecule has 1 aromatic rings. The molecule has 1 atom stereocenters. The highest BCUT2D eigenvalue weighted by atomic mass is 16.6. The maximum absolute atomic E-state index is 12.1. The first kappa shape index (κ1) is 12.1. The Morgan fingerprint density at radius 2 is 2.24 bits per heavy atom. The van der Waals surface area contributed by atoms with Crippen molar-refractivity contribution in [2.45, 2.75) is 13.0 Å². The molecule has 0 bridgehead atoms. The molecule has 17 heavy (non-hydrogen) atoms. The number of hydrogen-bond donors (Lipinski definition) is 0. The Balaban J connectivity index is 2.16. The molecule has 0 saturated carbocycles.